The lowest BCUT2D eigenvalue weighted by Crippen LogP contribution is -2.65. The van der Waals surface area contributed by atoms with Crippen LogP contribution in [0, 0.1) is 0 Å². The van der Waals surface area contributed by atoms with Crippen LogP contribution in [0.25, 0.3) is 10.4 Å². The first-order chi connectivity index (χ1) is 19.4. The lowest BCUT2D eigenvalue weighted by Gasteiger charge is -2.42. The minimum atomic E-state index is -2.83. The van der Waals surface area contributed by atoms with Crippen LogP contribution in [0.4, 0.5) is 0 Å². The van der Waals surface area contributed by atoms with Crippen molar-refractivity contribution in [3.8, 4) is 0 Å². The summed E-state index contributed by atoms with van der Waals surface area (Å²) in [7, 11) is -2.83. The zero-order chi connectivity index (χ0) is 29.1. The van der Waals surface area contributed by atoms with Gasteiger partial charge in [0.1, 0.15) is 0 Å². The molecule has 2 rings (SSSR count). The van der Waals surface area contributed by atoms with Crippen LogP contribution in [0.1, 0.15) is 118 Å². The number of aliphatic hydroxyl groups is 1. The van der Waals surface area contributed by atoms with Crippen LogP contribution in [-0.4, -0.2) is 19.5 Å². The molecule has 0 heterocycles. The molecule has 0 aromatic heterocycles. The minimum absolute atomic E-state index is 0.215. The quantitative estimate of drug-likeness (QED) is 0.0435. The van der Waals surface area contributed by atoms with Crippen molar-refractivity contribution in [2.75, 3.05) is 0 Å². The van der Waals surface area contributed by atoms with Gasteiger partial charge in [-0.15, -0.1) is 0 Å². The lowest BCUT2D eigenvalue weighted by atomic mass is 10.0. The Kier molecular flexibility index (Phi) is 15.8. The Morgan fingerprint density at radius 2 is 1.23 bits per heavy atom. The number of hydrogen-bond donors (Lipinski definition) is 1. The van der Waals surface area contributed by atoms with Crippen LogP contribution in [0.3, 0.4) is 0 Å². The third-order valence-corrected chi connectivity index (χ3v) is 12.7. The highest BCUT2D eigenvalue weighted by molar-refractivity contribution is 6.99. The Labute approximate surface area is 244 Å². The van der Waals surface area contributed by atoms with E-state index in [4.69, 9.17) is 4.43 Å². The van der Waals surface area contributed by atoms with Gasteiger partial charge in [0.15, 0.2) is 0 Å². The second-order valence-corrected chi connectivity index (χ2v) is 16.3. The van der Waals surface area contributed by atoms with Crippen molar-refractivity contribution in [1.82, 2.24) is 0 Å². The van der Waals surface area contributed by atoms with Crippen LogP contribution in [0.15, 0.2) is 77.7 Å². The molecular formula is C34H53N3O2Si. The number of azide groups is 1. The zero-order valence-electron chi connectivity index (χ0n) is 25.5. The number of rotatable bonds is 20. The van der Waals surface area contributed by atoms with Gasteiger partial charge in [-0.2, -0.15) is 0 Å². The highest BCUT2D eigenvalue weighted by atomic mass is 28.4. The van der Waals surface area contributed by atoms with Gasteiger partial charge in [0.2, 0.25) is 0 Å². The molecule has 0 fully saturated rings. The molecule has 220 valence electrons. The van der Waals surface area contributed by atoms with Gasteiger partial charge in [-0.05, 0) is 27.4 Å². The van der Waals surface area contributed by atoms with E-state index in [1.807, 2.05) is 36.4 Å². The molecule has 0 bridgehead atoms. The van der Waals surface area contributed by atoms with Crippen molar-refractivity contribution < 1.29 is 9.53 Å². The summed E-state index contributed by atoms with van der Waals surface area (Å²) in [6.07, 6.45) is 17.9. The molecule has 5 nitrogen and oxygen atoms in total. The highest BCUT2D eigenvalue weighted by Gasteiger charge is 2.51. The van der Waals surface area contributed by atoms with Crippen molar-refractivity contribution in [3.05, 3.63) is 83.1 Å². The molecule has 1 N–H and O–H groups in total. The molecule has 6 heteroatoms. The molecule has 0 aliphatic carbocycles. The Bertz CT molecular complexity index is 975. The number of aliphatic hydroxyl groups excluding tert-OH is 1. The van der Waals surface area contributed by atoms with E-state index in [1.54, 1.807) is 6.26 Å². The van der Waals surface area contributed by atoms with E-state index in [-0.39, 0.29) is 10.7 Å². The standard InChI is InChI=1S/C34H53N3O2Si/c1-5-6-7-8-9-10-11-12-13-14-15-16-23-28-33(38)32(36-37-35)29-39-40(34(2,3)4,30-24-19-17-20-25-30)31-26-21-18-22-27-31/h17-22,24-27,29,33,38H,5-16,23,28H2,1-4H3/t33-/m1/s1. The summed E-state index contributed by atoms with van der Waals surface area (Å²) in [5, 5.41) is 16.9. The summed E-state index contributed by atoms with van der Waals surface area (Å²) < 4.78 is 6.77. The topological polar surface area (TPSA) is 78.2 Å². The average Bonchev–Trinajstić information content (AvgIpc) is 2.95. The molecule has 0 amide bonds. The van der Waals surface area contributed by atoms with E-state index < -0.39 is 14.4 Å². The predicted octanol–water partition coefficient (Wildman–Crippen LogP) is 9.56. The molecule has 1 atom stereocenters. The van der Waals surface area contributed by atoms with Crippen molar-refractivity contribution in [2.24, 2.45) is 5.11 Å². The SMILES string of the molecule is CCCCCCCCCCCCCCC[C@@H](O)C(=CO[Si](c1ccccc1)(c1ccccc1)C(C)(C)C)N=[N+]=[N-]. The van der Waals surface area contributed by atoms with Gasteiger partial charge in [0.25, 0.3) is 0 Å². The van der Waals surface area contributed by atoms with Crippen LogP contribution in [-0.2, 0) is 4.43 Å². The molecule has 0 unspecified atom stereocenters. The highest BCUT2D eigenvalue weighted by Crippen LogP contribution is 2.37. The van der Waals surface area contributed by atoms with Gasteiger partial charge >= 0.3 is 8.32 Å². The summed E-state index contributed by atoms with van der Waals surface area (Å²) in [5.74, 6) is 0. The Morgan fingerprint density at radius 3 is 1.62 bits per heavy atom. The van der Waals surface area contributed by atoms with Crippen molar-refractivity contribution in [3.63, 3.8) is 0 Å². The number of hydrogen-bond acceptors (Lipinski definition) is 3. The molecule has 0 spiro atoms. The minimum Gasteiger partial charge on any atom is -0.539 e. The fraction of sp³-hybridized carbons (Fsp3) is 0.588. The van der Waals surface area contributed by atoms with Crippen LogP contribution >= 0.6 is 0 Å². The summed E-state index contributed by atoms with van der Waals surface area (Å²) >= 11 is 0. The zero-order valence-corrected chi connectivity index (χ0v) is 26.5. The number of benzene rings is 2. The van der Waals surface area contributed by atoms with Gasteiger partial charge in [-0.1, -0.05) is 177 Å². The van der Waals surface area contributed by atoms with Gasteiger partial charge in [-0.3, -0.25) is 0 Å². The third kappa shape index (κ3) is 10.8. The van der Waals surface area contributed by atoms with E-state index in [9.17, 15) is 10.6 Å². The lowest BCUT2D eigenvalue weighted by molar-refractivity contribution is 0.190. The van der Waals surface area contributed by atoms with Crippen LogP contribution in [0.5, 0.6) is 0 Å². The second-order valence-electron chi connectivity index (χ2n) is 12.1. The summed E-state index contributed by atoms with van der Waals surface area (Å²) in [5.41, 5.74) is 9.51. The number of unbranched alkanes of at least 4 members (excludes halogenated alkanes) is 12. The normalized spacial score (nSPS) is 13.1. The fourth-order valence-electron chi connectivity index (χ4n) is 5.56. The first kappa shape index (κ1) is 33.7. The van der Waals surface area contributed by atoms with Crippen LogP contribution in [0.2, 0.25) is 5.04 Å². The molecule has 0 saturated heterocycles. The first-order valence-corrected chi connectivity index (χ1v) is 17.5. The Hall–Kier alpha value is -2.53. The van der Waals surface area contributed by atoms with Gasteiger partial charge in [0.05, 0.1) is 18.1 Å². The predicted molar refractivity (Wildman–Crippen MR) is 172 cm³/mol. The smallest absolute Gasteiger partial charge is 0.319 e. The molecule has 40 heavy (non-hydrogen) atoms. The molecule has 0 saturated carbocycles. The number of nitrogens with zero attached hydrogens (tertiary/aromatic N) is 3. The molecule has 0 radical (unpaired) electrons. The van der Waals surface area contributed by atoms with E-state index in [0.29, 0.717) is 6.42 Å². The van der Waals surface area contributed by atoms with Gasteiger partial charge < -0.3 is 9.53 Å². The maximum absolute atomic E-state index is 11.0. The largest absolute Gasteiger partial charge is 0.539 e. The third-order valence-electron chi connectivity index (χ3n) is 7.86. The molecule has 2 aromatic rings. The fourth-order valence-corrected chi connectivity index (χ4v) is 9.88. The van der Waals surface area contributed by atoms with E-state index in [0.717, 1.165) is 23.2 Å². The monoisotopic (exact) mass is 563 g/mol. The molecule has 0 aliphatic rings. The summed E-state index contributed by atoms with van der Waals surface area (Å²) in [6.45, 7) is 8.86. The molecular weight excluding hydrogens is 510 g/mol. The van der Waals surface area contributed by atoms with Gasteiger partial charge in [-0.25, -0.2) is 0 Å². The Morgan fingerprint density at radius 1 is 0.800 bits per heavy atom. The summed E-state index contributed by atoms with van der Waals surface area (Å²) in [6, 6.07) is 20.7. The average molecular weight is 564 g/mol. The van der Waals surface area contributed by atoms with E-state index in [2.05, 4.69) is 62.0 Å². The van der Waals surface area contributed by atoms with Gasteiger partial charge in [0, 0.05) is 4.91 Å². The van der Waals surface area contributed by atoms with Crippen LogP contribution < -0.4 is 10.4 Å². The van der Waals surface area contributed by atoms with E-state index in [1.165, 1.54) is 70.6 Å². The Balaban J connectivity index is 1.95. The summed E-state index contributed by atoms with van der Waals surface area (Å²) in [4.78, 5) is 3.01. The molecule has 0 aliphatic heterocycles. The first-order valence-electron chi connectivity index (χ1n) is 15.6. The maximum Gasteiger partial charge on any atom is 0.319 e. The second kappa shape index (κ2) is 18.7. The van der Waals surface area contributed by atoms with E-state index >= 15 is 0 Å². The van der Waals surface area contributed by atoms with Crippen molar-refractivity contribution in [2.45, 2.75) is 129 Å². The van der Waals surface area contributed by atoms with Crippen molar-refractivity contribution in [1.29, 1.82) is 0 Å². The maximum atomic E-state index is 11.0. The molecule has 2 aromatic carbocycles. The van der Waals surface area contributed by atoms with Crippen molar-refractivity contribution >= 4 is 18.7 Å².